The van der Waals surface area contributed by atoms with Crippen LogP contribution in [-0.2, 0) is 6.54 Å². The number of hydrogen-bond acceptors (Lipinski definition) is 2. The van der Waals surface area contributed by atoms with Gasteiger partial charge in [-0.25, -0.2) is 9.37 Å². The van der Waals surface area contributed by atoms with E-state index in [0.29, 0.717) is 23.4 Å². The molecule has 13 heavy (non-hydrogen) atoms. The predicted molar refractivity (Wildman–Crippen MR) is 48.7 cm³/mol. The van der Waals surface area contributed by atoms with E-state index in [1.54, 1.807) is 6.92 Å². The number of nitrogens with one attached hydrogen (secondary N) is 1. The molecule has 0 aliphatic heterocycles. The fourth-order valence-electron chi connectivity index (χ4n) is 1.37. The normalized spacial score (nSPS) is 11.0. The van der Waals surface area contributed by atoms with Crippen LogP contribution in [0.25, 0.3) is 11.0 Å². The third kappa shape index (κ3) is 1.29. The van der Waals surface area contributed by atoms with Crippen molar-refractivity contribution in [2.45, 2.75) is 13.5 Å². The van der Waals surface area contributed by atoms with Crippen LogP contribution in [-0.4, -0.2) is 9.97 Å². The van der Waals surface area contributed by atoms with Gasteiger partial charge in [0.15, 0.2) is 5.82 Å². The van der Waals surface area contributed by atoms with Crippen molar-refractivity contribution in [1.82, 2.24) is 9.97 Å². The van der Waals surface area contributed by atoms with E-state index >= 15 is 0 Å². The molecule has 0 unspecified atom stereocenters. The Morgan fingerprint density at radius 3 is 3.00 bits per heavy atom. The standard InChI is InChI=1S/C9H10FN3/c1-5-12-8-3-6(4-11)2-7(10)9(8)13-5/h2-3H,4,11H2,1H3,(H,12,13). The van der Waals surface area contributed by atoms with Gasteiger partial charge in [0.05, 0.1) is 5.52 Å². The number of aromatic nitrogens is 2. The van der Waals surface area contributed by atoms with Crippen molar-refractivity contribution in [3.63, 3.8) is 0 Å². The van der Waals surface area contributed by atoms with E-state index in [-0.39, 0.29) is 5.82 Å². The van der Waals surface area contributed by atoms with Crippen LogP contribution in [0.5, 0.6) is 0 Å². The lowest BCUT2D eigenvalue weighted by Crippen LogP contribution is -1.96. The molecule has 0 aliphatic carbocycles. The third-order valence-corrected chi connectivity index (χ3v) is 1.95. The molecule has 0 spiro atoms. The number of imidazole rings is 1. The highest BCUT2D eigenvalue weighted by molar-refractivity contribution is 5.76. The molecule has 0 bridgehead atoms. The summed E-state index contributed by atoms with van der Waals surface area (Å²) in [6.07, 6.45) is 0. The average Bonchev–Trinajstić information content (AvgIpc) is 2.46. The average molecular weight is 179 g/mol. The number of aryl methyl sites for hydroxylation is 1. The maximum atomic E-state index is 13.3. The minimum absolute atomic E-state index is 0.317. The number of fused-ring (bicyclic) bond motifs is 1. The van der Waals surface area contributed by atoms with Crippen LogP contribution < -0.4 is 5.73 Å². The summed E-state index contributed by atoms with van der Waals surface area (Å²) in [5.74, 6) is 0.394. The number of nitrogens with two attached hydrogens (primary N) is 1. The molecule has 2 rings (SSSR count). The zero-order chi connectivity index (χ0) is 9.42. The first-order valence-electron chi connectivity index (χ1n) is 4.05. The van der Waals surface area contributed by atoms with Crippen molar-refractivity contribution < 1.29 is 4.39 Å². The Morgan fingerprint density at radius 1 is 1.54 bits per heavy atom. The first kappa shape index (κ1) is 8.19. The summed E-state index contributed by atoms with van der Waals surface area (Å²) in [6, 6.07) is 3.24. The van der Waals surface area contributed by atoms with E-state index in [2.05, 4.69) is 9.97 Å². The Bertz CT molecular complexity index is 447. The summed E-state index contributed by atoms with van der Waals surface area (Å²) in [6.45, 7) is 2.13. The molecule has 2 aromatic rings. The molecule has 4 heteroatoms. The number of nitrogens with zero attached hydrogens (tertiary/aromatic N) is 1. The fourth-order valence-corrected chi connectivity index (χ4v) is 1.37. The van der Waals surface area contributed by atoms with Crippen LogP contribution >= 0.6 is 0 Å². The molecule has 1 aromatic carbocycles. The van der Waals surface area contributed by atoms with Gasteiger partial charge in [0, 0.05) is 6.54 Å². The van der Waals surface area contributed by atoms with E-state index in [9.17, 15) is 4.39 Å². The van der Waals surface area contributed by atoms with Gasteiger partial charge in [0.25, 0.3) is 0 Å². The Labute approximate surface area is 74.8 Å². The monoisotopic (exact) mass is 179 g/mol. The van der Waals surface area contributed by atoms with E-state index in [1.807, 2.05) is 6.07 Å². The molecule has 0 atom stereocenters. The second-order valence-corrected chi connectivity index (χ2v) is 3.00. The quantitative estimate of drug-likeness (QED) is 0.696. The van der Waals surface area contributed by atoms with E-state index in [0.717, 1.165) is 5.56 Å². The van der Waals surface area contributed by atoms with Gasteiger partial charge in [-0.1, -0.05) is 0 Å². The van der Waals surface area contributed by atoms with Gasteiger partial charge in [-0.05, 0) is 24.6 Å². The topological polar surface area (TPSA) is 54.7 Å². The lowest BCUT2D eigenvalue weighted by molar-refractivity contribution is 0.635. The van der Waals surface area contributed by atoms with Crippen LogP contribution in [0.15, 0.2) is 12.1 Å². The van der Waals surface area contributed by atoms with E-state index in [4.69, 9.17) is 5.73 Å². The summed E-state index contributed by atoms with van der Waals surface area (Å²) in [5, 5.41) is 0. The lowest BCUT2D eigenvalue weighted by atomic mass is 10.2. The van der Waals surface area contributed by atoms with Crippen molar-refractivity contribution in [2.75, 3.05) is 0 Å². The second-order valence-electron chi connectivity index (χ2n) is 3.00. The molecule has 0 radical (unpaired) electrons. The smallest absolute Gasteiger partial charge is 0.151 e. The predicted octanol–water partition coefficient (Wildman–Crippen LogP) is 1.47. The van der Waals surface area contributed by atoms with Crippen LogP contribution in [0.3, 0.4) is 0 Å². The molecule has 0 fully saturated rings. The molecule has 3 nitrogen and oxygen atoms in total. The van der Waals surface area contributed by atoms with Gasteiger partial charge in [0.1, 0.15) is 11.3 Å². The SMILES string of the molecule is Cc1nc2c(F)cc(CN)cc2[nH]1. The molecule has 0 saturated heterocycles. The summed E-state index contributed by atoms with van der Waals surface area (Å²) >= 11 is 0. The minimum Gasteiger partial charge on any atom is -0.342 e. The summed E-state index contributed by atoms with van der Waals surface area (Å²) < 4.78 is 13.3. The molecule has 0 aliphatic rings. The number of hydrogen-bond donors (Lipinski definition) is 2. The van der Waals surface area contributed by atoms with Crippen molar-refractivity contribution >= 4 is 11.0 Å². The number of rotatable bonds is 1. The van der Waals surface area contributed by atoms with Crippen LogP contribution in [0.2, 0.25) is 0 Å². The molecule has 3 N–H and O–H groups in total. The van der Waals surface area contributed by atoms with Crippen LogP contribution in [0.4, 0.5) is 4.39 Å². The highest BCUT2D eigenvalue weighted by Crippen LogP contribution is 2.17. The molecule has 1 heterocycles. The Balaban J connectivity index is 2.75. The Hall–Kier alpha value is -1.42. The first-order chi connectivity index (χ1) is 6.20. The van der Waals surface area contributed by atoms with E-state index in [1.165, 1.54) is 6.07 Å². The number of benzene rings is 1. The van der Waals surface area contributed by atoms with Gasteiger partial charge in [-0.15, -0.1) is 0 Å². The fraction of sp³-hybridized carbons (Fsp3) is 0.222. The largest absolute Gasteiger partial charge is 0.342 e. The summed E-state index contributed by atoms with van der Waals surface area (Å²) in [4.78, 5) is 6.98. The molecular weight excluding hydrogens is 169 g/mol. The first-order valence-corrected chi connectivity index (χ1v) is 4.05. The maximum Gasteiger partial charge on any atom is 0.151 e. The number of H-pyrrole nitrogens is 1. The van der Waals surface area contributed by atoms with E-state index < -0.39 is 0 Å². The van der Waals surface area contributed by atoms with Gasteiger partial charge < -0.3 is 10.7 Å². The molecular formula is C9H10FN3. The van der Waals surface area contributed by atoms with Gasteiger partial charge in [0.2, 0.25) is 0 Å². The molecule has 0 amide bonds. The van der Waals surface area contributed by atoms with Crippen molar-refractivity contribution in [1.29, 1.82) is 0 Å². The highest BCUT2D eigenvalue weighted by Gasteiger charge is 2.06. The Morgan fingerprint density at radius 2 is 2.31 bits per heavy atom. The maximum absolute atomic E-state index is 13.3. The van der Waals surface area contributed by atoms with Gasteiger partial charge >= 0.3 is 0 Å². The number of halogens is 1. The highest BCUT2D eigenvalue weighted by atomic mass is 19.1. The Kier molecular flexibility index (Phi) is 1.77. The van der Waals surface area contributed by atoms with Crippen molar-refractivity contribution in [3.05, 3.63) is 29.3 Å². The van der Waals surface area contributed by atoms with Crippen molar-refractivity contribution in [3.8, 4) is 0 Å². The third-order valence-electron chi connectivity index (χ3n) is 1.95. The molecule has 1 aromatic heterocycles. The zero-order valence-electron chi connectivity index (χ0n) is 7.26. The van der Waals surface area contributed by atoms with Crippen LogP contribution in [0, 0.1) is 12.7 Å². The summed E-state index contributed by atoms with van der Waals surface area (Å²) in [5.41, 5.74) is 7.28. The van der Waals surface area contributed by atoms with Crippen LogP contribution in [0.1, 0.15) is 11.4 Å². The minimum atomic E-state index is -0.317. The lowest BCUT2D eigenvalue weighted by Gasteiger charge is -1.96. The van der Waals surface area contributed by atoms with Gasteiger partial charge in [-0.3, -0.25) is 0 Å². The summed E-state index contributed by atoms with van der Waals surface area (Å²) in [7, 11) is 0. The molecule has 68 valence electrons. The van der Waals surface area contributed by atoms with Crippen molar-refractivity contribution in [2.24, 2.45) is 5.73 Å². The molecule has 0 saturated carbocycles. The second kappa shape index (κ2) is 2.81. The van der Waals surface area contributed by atoms with Gasteiger partial charge in [-0.2, -0.15) is 0 Å². The number of aromatic amines is 1. The zero-order valence-corrected chi connectivity index (χ0v) is 7.26.